The predicted molar refractivity (Wildman–Crippen MR) is 144 cm³/mol. The van der Waals surface area contributed by atoms with E-state index in [2.05, 4.69) is 10.2 Å². The number of hydrogen-bond acceptors (Lipinski definition) is 5. The van der Waals surface area contributed by atoms with Gasteiger partial charge < -0.3 is 19.5 Å². The molecule has 194 valence electrons. The van der Waals surface area contributed by atoms with Crippen molar-refractivity contribution in [1.82, 2.24) is 15.1 Å². The van der Waals surface area contributed by atoms with E-state index in [1.165, 1.54) is 0 Å². The fraction of sp³-hybridized carbons (Fsp3) is 0.290. The first-order chi connectivity index (χ1) is 18.5. The number of fused-ring (bicyclic) bond motifs is 1. The number of aromatic amines is 1. The zero-order valence-corrected chi connectivity index (χ0v) is 21.6. The SMILES string of the molecule is Cc1cc(C)c(-c2n[nH]c3c2C(c2ccc(OCc4ccccc4)cc2)N(CC2CCCO2)C3=O)c(O)c1. The topological polar surface area (TPSA) is 87.7 Å². The van der Waals surface area contributed by atoms with E-state index in [-0.39, 0.29) is 23.8 Å². The van der Waals surface area contributed by atoms with Gasteiger partial charge in [-0.1, -0.05) is 48.5 Å². The molecule has 7 nitrogen and oxygen atoms in total. The summed E-state index contributed by atoms with van der Waals surface area (Å²) >= 11 is 0. The number of aromatic hydroxyl groups is 1. The third kappa shape index (κ3) is 4.43. The maximum atomic E-state index is 13.7. The molecule has 0 saturated carbocycles. The number of phenolic OH excluding ortho intramolecular Hbond substituents is 1. The first-order valence-corrected chi connectivity index (χ1v) is 13.1. The van der Waals surface area contributed by atoms with E-state index in [0.29, 0.717) is 30.1 Å². The van der Waals surface area contributed by atoms with E-state index < -0.39 is 0 Å². The zero-order valence-electron chi connectivity index (χ0n) is 21.6. The van der Waals surface area contributed by atoms with E-state index in [1.807, 2.05) is 79.4 Å². The zero-order chi connectivity index (χ0) is 26.2. The Labute approximate surface area is 222 Å². The van der Waals surface area contributed by atoms with E-state index in [0.717, 1.165) is 53.0 Å². The second kappa shape index (κ2) is 9.99. The quantitative estimate of drug-likeness (QED) is 0.334. The summed E-state index contributed by atoms with van der Waals surface area (Å²) in [7, 11) is 0. The third-order valence-electron chi connectivity index (χ3n) is 7.43. The molecular formula is C31H31N3O4. The molecule has 0 bridgehead atoms. The Morgan fingerprint density at radius 1 is 1.11 bits per heavy atom. The van der Waals surface area contributed by atoms with Crippen LogP contribution in [-0.4, -0.2) is 45.4 Å². The molecule has 0 aliphatic carbocycles. The molecule has 3 heterocycles. The van der Waals surface area contributed by atoms with Crippen LogP contribution in [0, 0.1) is 13.8 Å². The van der Waals surface area contributed by atoms with Crippen molar-refractivity contribution in [2.75, 3.05) is 13.2 Å². The number of nitrogens with zero attached hydrogens (tertiary/aromatic N) is 2. The molecule has 38 heavy (non-hydrogen) atoms. The van der Waals surface area contributed by atoms with Gasteiger partial charge in [-0.15, -0.1) is 0 Å². The van der Waals surface area contributed by atoms with Crippen LogP contribution in [0.25, 0.3) is 11.3 Å². The fourth-order valence-corrected chi connectivity index (χ4v) is 5.67. The minimum Gasteiger partial charge on any atom is -0.507 e. The summed E-state index contributed by atoms with van der Waals surface area (Å²) < 4.78 is 11.9. The number of aryl methyl sites for hydroxylation is 2. The molecule has 2 aliphatic rings. The van der Waals surface area contributed by atoms with Crippen LogP contribution in [0.4, 0.5) is 0 Å². The molecule has 1 saturated heterocycles. The number of nitrogens with one attached hydrogen (secondary N) is 1. The Hall–Kier alpha value is -4.10. The fourth-order valence-electron chi connectivity index (χ4n) is 5.67. The van der Waals surface area contributed by atoms with E-state index in [1.54, 1.807) is 6.07 Å². The molecule has 0 spiro atoms. The maximum absolute atomic E-state index is 13.7. The summed E-state index contributed by atoms with van der Waals surface area (Å²) in [6.45, 7) is 5.60. The summed E-state index contributed by atoms with van der Waals surface area (Å²) in [5, 5.41) is 18.4. The van der Waals surface area contributed by atoms with Gasteiger partial charge in [0.2, 0.25) is 0 Å². The standard InChI is InChI=1S/C31H31N3O4/c1-19-15-20(2)26(25(35)16-19)28-27-29(33-32-28)31(36)34(17-24-9-6-14-37-24)30(27)22-10-12-23(13-11-22)38-18-21-7-4-3-5-8-21/h3-5,7-8,10-13,15-16,24,30,35H,6,9,14,17-18H2,1-2H3,(H,32,33). The van der Waals surface area contributed by atoms with Crippen molar-refractivity contribution in [3.05, 3.63) is 100 Å². The maximum Gasteiger partial charge on any atom is 0.273 e. The summed E-state index contributed by atoms with van der Waals surface area (Å²) in [5.74, 6) is 0.811. The highest BCUT2D eigenvalue weighted by Gasteiger charge is 2.43. The Balaban J connectivity index is 1.37. The normalized spacial score (nSPS) is 18.7. The van der Waals surface area contributed by atoms with Crippen LogP contribution in [0.5, 0.6) is 11.5 Å². The minimum atomic E-state index is -0.362. The molecule has 6 rings (SSSR count). The molecule has 7 heteroatoms. The first kappa shape index (κ1) is 24.2. The average molecular weight is 510 g/mol. The molecule has 1 aromatic heterocycles. The van der Waals surface area contributed by atoms with Gasteiger partial charge in [-0.3, -0.25) is 9.89 Å². The number of carbonyl (C=O) groups is 1. The van der Waals surface area contributed by atoms with Crippen molar-refractivity contribution >= 4 is 5.91 Å². The predicted octanol–water partition coefficient (Wildman–Crippen LogP) is 5.70. The second-order valence-corrected chi connectivity index (χ2v) is 10.2. The van der Waals surface area contributed by atoms with Gasteiger partial charge in [-0.2, -0.15) is 5.10 Å². The van der Waals surface area contributed by atoms with Crippen molar-refractivity contribution in [2.24, 2.45) is 0 Å². The van der Waals surface area contributed by atoms with Crippen LogP contribution in [0.3, 0.4) is 0 Å². The van der Waals surface area contributed by atoms with Crippen LogP contribution >= 0.6 is 0 Å². The summed E-state index contributed by atoms with van der Waals surface area (Å²) in [4.78, 5) is 15.6. The lowest BCUT2D eigenvalue weighted by Crippen LogP contribution is -2.36. The molecule has 0 radical (unpaired) electrons. The van der Waals surface area contributed by atoms with Crippen molar-refractivity contribution in [2.45, 2.75) is 45.4 Å². The van der Waals surface area contributed by atoms with Crippen LogP contribution < -0.4 is 4.74 Å². The number of phenols is 1. The second-order valence-electron chi connectivity index (χ2n) is 10.2. The van der Waals surface area contributed by atoms with Crippen molar-refractivity contribution in [3.8, 4) is 22.8 Å². The van der Waals surface area contributed by atoms with E-state index in [4.69, 9.17) is 9.47 Å². The molecule has 1 amide bonds. The largest absolute Gasteiger partial charge is 0.507 e. The monoisotopic (exact) mass is 509 g/mol. The Kier molecular flexibility index (Phi) is 6.37. The highest BCUT2D eigenvalue weighted by Crippen LogP contribution is 2.46. The molecule has 3 aromatic carbocycles. The number of carbonyl (C=O) groups excluding carboxylic acids is 1. The number of aromatic nitrogens is 2. The molecular weight excluding hydrogens is 478 g/mol. The Morgan fingerprint density at radius 2 is 1.89 bits per heavy atom. The summed E-state index contributed by atoms with van der Waals surface area (Å²) in [5.41, 5.74) is 6.43. The van der Waals surface area contributed by atoms with Crippen molar-refractivity contribution in [3.63, 3.8) is 0 Å². The minimum absolute atomic E-state index is 0.00450. The molecule has 4 aromatic rings. The average Bonchev–Trinajstić information content (AvgIpc) is 3.63. The van der Waals surface area contributed by atoms with Gasteiger partial charge in [0, 0.05) is 24.3 Å². The van der Waals surface area contributed by atoms with Gasteiger partial charge in [0.1, 0.15) is 29.5 Å². The van der Waals surface area contributed by atoms with E-state index in [9.17, 15) is 9.90 Å². The lowest BCUT2D eigenvalue weighted by atomic mass is 9.93. The van der Waals surface area contributed by atoms with Crippen LogP contribution in [0.15, 0.2) is 66.7 Å². The third-order valence-corrected chi connectivity index (χ3v) is 7.43. The molecule has 2 unspecified atom stereocenters. The number of H-pyrrole nitrogens is 1. The van der Waals surface area contributed by atoms with E-state index >= 15 is 0 Å². The van der Waals surface area contributed by atoms with Gasteiger partial charge in [0.25, 0.3) is 5.91 Å². The Morgan fingerprint density at radius 3 is 2.61 bits per heavy atom. The van der Waals surface area contributed by atoms with Gasteiger partial charge in [0.15, 0.2) is 0 Å². The molecule has 2 atom stereocenters. The first-order valence-electron chi connectivity index (χ1n) is 13.1. The Bertz CT molecular complexity index is 1430. The summed E-state index contributed by atoms with van der Waals surface area (Å²) in [6.07, 6.45) is 1.93. The van der Waals surface area contributed by atoms with Gasteiger partial charge in [-0.25, -0.2) is 0 Å². The van der Waals surface area contributed by atoms with Gasteiger partial charge in [0.05, 0.1) is 12.1 Å². The molecule has 1 fully saturated rings. The smallest absolute Gasteiger partial charge is 0.273 e. The number of rotatable bonds is 7. The van der Waals surface area contributed by atoms with Crippen LogP contribution in [0.1, 0.15) is 57.2 Å². The highest BCUT2D eigenvalue weighted by molar-refractivity contribution is 6.00. The van der Waals surface area contributed by atoms with Gasteiger partial charge >= 0.3 is 0 Å². The van der Waals surface area contributed by atoms with Crippen molar-refractivity contribution in [1.29, 1.82) is 0 Å². The van der Waals surface area contributed by atoms with Gasteiger partial charge in [-0.05, 0) is 67.1 Å². The van der Waals surface area contributed by atoms with Crippen LogP contribution in [0.2, 0.25) is 0 Å². The lowest BCUT2D eigenvalue weighted by Gasteiger charge is -2.28. The lowest BCUT2D eigenvalue weighted by molar-refractivity contribution is 0.0495. The number of ether oxygens (including phenoxy) is 2. The summed E-state index contributed by atoms with van der Waals surface area (Å²) in [6, 6.07) is 21.3. The van der Waals surface area contributed by atoms with Crippen LogP contribution in [-0.2, 0) is 11.3 Å². The molecule has 2 aliphatic heterocycles. The van der Waals surface area contributed by atoms with Crippen molar-refractivity contribution < 1.29 is 19.4 Å². The number of benzene rings is 3. The highest BCUT2D eigenvalue weighted by atomic mass is 16.5. The molecule has 2 N–H and O–H groups in total. The number of amides is 1. The number of hydrogen-bond donors (Lipinski definition) is 2.